The van der Waals surface area contributed by atoms with Crippen molar-refractivity contribution in [3.8, 4) is 33.6 Å². The average molecular weight is 819 g/mol. The Morgan fingerprint density at radius 3 is 1.38 bits per heavy atom. The van der Waals surface area contributed by atoms with E-state index in [9.17, 15) is 0 Å². The van der Waals surface area contributed by atoms with E-state index in [0.717, 1.165) is 11.4 Å². The Kier molecular flexibility index (Phi) is 8.87. The van der Waals surface area contributed by atoms with E-state index >= 15 is 0 Å². The summed E-state index contributed by atoms with van der Waals surface area (Å²) in [6.45, 7) is 0. The topological polar surface area (TPSA) is 9.86 Å². The van der Waals surface area contributed by atoms with Crippen LogP contribution in [0.3, 0.4) is 0 Å². The number of fused-ring (bicyclic) bond motifs is 6. The molecule has 0 saturated carbocycles. The third kappa shape index (κ3) is 5.78. The van der Waals surface area contributed by atoms with Crippen LogP contribution in [0.2, 0.25) is 0 Å². The lowest BCUT2D eigenvalue weighted by Crippen LogP contribution is -2.74. The Hall–Kier alpha value is -7.98. The predicted octanol–water partition coefficient (Wildman–Crippen LogP) is 12.6. The SMILES string of the molecule is c1ccc(-c2ccccc2-n2c3cccc(-c4ccccc4)c3c3cccc(-n4c5ccccc5c5cc([Si](c6ccccc6)(c6ccccc6)c6ccccc6)ccc54)c32)cc1. The van der Waals surface area contributed by atoms with Gasteiger partial charge < -0.3 is 9.13 Å². The van der Waals surface area contributed by atoms with Crippen molar-refractivity contribution in [3.05, 3.63) is 255 Å². The molecule has 0 atom stereocenters. The van der Waals surface area contributed by atoms with Crippen LogP contribution in [0, 0.1) is 0 Å². The van der Waals surface area contributed by atoms with E-state index in [-0.39, 0.29) is 0 Å². The summed E-state index contributed by atoms with van der Waals surface area (Å²) in [5.41, 5.74) is 11.8. The molecule has 0 radical (unpaired) electrons. The number of benzene rings is 10. The first-order chi connectivity index (χ1) is 31.3. The van der Waals surface area contributed by atoms with E-state index in [1.165, 1.54) is 86.6 Å². The highest BCUT2D eigenvalue weighted by atomic mass is 28.3. The monoisotopic (exact) mass is 818 g/mol. The van der Waals surface area contributed by atoms with E-state index in [4.69, 9.17) is 0 Å². The predicted molar refractivity (Wildman–Crippen MR) is 270 cm³/mol. The van der Waals surface area contributed by atoms with Gasteiger partial charge in [0.1, 0.15) is 0 Å². The van der Waals surface area contributed by atoms with Gasteiger partial charge in [0.25, 0.3) is 0 Å². The molecule has 2 nitrogen and oxygen atoms in total. The van der Waals surface area contributed by atoms with Crippen LogP contribution in [0.1, 0.15) is 0 Å². The Bertz CT molecular complexity index is 3500. The first-order valence-corrected chi connectivity index (χ1v) is 23.8. The van der Waals surface area contributed by atoms with Crippen molar-refractivity contribution < 1.29 is 0 Å². The molecule has 12 aromatic rings. The van der Waals surface area contributed by atoms with Crippen molar-refractivity contribution in [3.63, 3.8) is 0 Å². The molecule has 3 heteroatoms. The summed E-state index contributed by atoms with van der Waals surface area (Å²) < 4.78 is 5.05. The van der Waals surface area contributed by atoms with Crippen molar-refractivity contribution in [1.82, 2.24) is 9.13 Å². The Morgan fingerprint density at radius 2 is 0.730 bits per heavy atom. The van der Waals surface area contributed by atoms with Crippen molar-refractivity contribution >= 4 is 72.4 Å². The fourth-order valence-electron chi connectivity index (χ4n) is 10.4. The molecule has 0 amide bonds. The molecule has 0 aliphatic carbocycles. The van der Waals surface area contributed by atoms with E-state index < -0.39 is 8.07 Å². The molecule has 0 aliphatic rings. The van der Waals surface area contributed by atoms with Gasteiger partial charge in [-0.15, -0.1) is 0 Å². The van der Waals surface area contributed by atoms with Gasteiger partial charge in [-0.2, -0.15) is 0 Å². The number of hydrogen-bond donors (Lipinski definition) is 0. The smallest absolute Gasteiger partial charge is 0.179 e. The number of nitrogens with zero attached hydrogens (tertiary/aromatic N) is 2. The zero-order valence-corrected chi connectivity index (χ0v) is 35.6. The molecule has 0 spiro atoms. The van der Waals surface area contributed by atoms with Gasteiger partial charge in [0.2, 0.25) is 0 Å². The quantitative estimate of drug-likeness (QED) is 0.107. The van der Waals surface area contributed by atoms with E-state index in [2.05, 4.69) is 264 Å². The van der Waals surface area contributed by atoms with E-state index in [1.807, 2.05) is 0 Å². The summed E-state index contributed by atoms with van der Waals surface area (Å²) in [6.07, 6.45) is 0. The molecular weight excluding hydrogens is 777 g/mol. The number of para-hydroxylation sites is 3. The Labute approximate surface area is 368 Å². The van der Waals surface area contributed by atoms with Gasteiger partial charge in [-0.25, -0.2) is 0 Å². The minimum absolute atomic E-state index is 1.14. The highest BCUT2D eigenvalue weighted by molar-refractivity contribution is 7.20. The van der Waals surface area contributed by atoms with Gasteiger partial charge >= 0.3 is 0 Å². The molecule has 0 fully saturated rings. The van der Waals surface area contributed by atoms with Crippen LogP contribution in [-0.4, -0.2) is 17.2 Å². The summed E-state index contributed by atoms with van der Waals surface area (Å²) in [5, 5.41) is 10.4. The fourth-order valence-corrected chi connectivity index (χ4v) is 15.2. The largest absolute Gasteiger partial charge is 0.307 e. The summed E-state index contributed by atoms with van der Waals surface area (Å²) in [4.78, 5) is 0. The molecule has 0 saturated heterocycles. The molecule has 0 unspecified atom stereocenters. The summed E-state index contributed by atoms with van der Waals surface area (Å²) in [6, 6.07) is 94.2. The van der Waals surface area contributed by atoms with Gasteiger partial charge in [-0.1, -0.05) is 224 Å². The Morgan fingerprint density at radius 1 is 0.270 bits per heavy atom. The van der Waals surface area contributed by atoms with Crippen LogP contribution in [0.4, 0.5) is 0 Å². The number of hydrogen-bond acceptors (Lipinski definition) is 0. The molecule has 0 aliphatic heterocycles. The van der Waals surface area contributed by atoms with Crippen molar-refractivity contribution in [2.24, 2.45) is 0 Å². The van der Waals surface area contributed by atoms with Crippen LogP contribution >= 0.6 is 0 Å². The van der Waals surface area contributed by atoms with Gasteiger partial charge in [-0.05, 0) is 67.8 Å². The van der Waals surface area contributed by atoms with Crippen LogP contribution < -0.4 is 20.7 Å². The summed E-state index contributed by atoms with van der Waals surface area (Å²) in [5.74, 6) is 0. The van der Waals surface area contributed by atoms with Gasteiger partial charge in [0.05, 0.1) is 33.4 Å². The first kappa shape index (κ1) is 36.8. The third-order valence-corrected chi connectivity index (χ3v) is 17.8. The molecule has 0 N–H and O–H groups in total. The number of aromatic nitrogens is 2. The second-order valence-corrected chi connectivity index (χ2v) is 20.2. The third-order valence-electron chi connectivity index (χ3n) is 13.1. The van der Waals surface area contributed by atoms with Crippen molar-refractivity contribution in [2.45, 2.75) is 0 Å². The van der Waals surface area contributed by atoms with Crippen LogP contribution in [0.5, 0.6) is 0 Å². The molecular formula is C60H42N2Si. The highest BCUT2D eigenvalue weighted by Crippen LogP contribution is 2.44. The van der Waals surface area contributed by atoms with Crippen molar-refractivity contribution in [1.29, 1.82) is 0 Å². The highest BCUT2D eigenvalue weighted by Gasteiger charge is 2.41. The average Bonchev–Trinajstić information content (AvgIpc) is 3.89. The maximum atomic E-state index is 2.53. The standard InChI is InChI=1S/C60H42N2Si/c1-6-22-43(23-7-1)49-32-16-18-36-54(49)62-57-38-20-34-50(44-24-8-2-9-25-44)59(57)52-35-21-39-58(60(52)62)61-55-37-19-17-33-51(55)53-42-48(40-41-56(53)61)63(45-26-10-3-11-27-45,46-28-12-4-13-29-46)47-30-14-5-15-31-47/h1-42H. The summed E-state index contributed by atoms with van der Waals surface area (Å²) >= 11 is 0. The minimum atomic E-state index is -2.78. The summed E-state index contributed by atoms with van der Waals surface area (Å²) in [7, 11) is -2.78. The minimum Gasteiger partial charge on any atom is -0.307 e. The van der Waals surface area contributed by atoms with Crippen LogP contribution in [-0.2, 0) is 0 Å². The number of rotatable bonds is 8. The molecule has 63 heavy (non-hydrogen) atoms. The second kappa shape index (κ2) is 15.2. The Balaban J connectivity index is 1.20. The zero-order chi connectivity index (χ0) is 41.7. The van der Waals surface area contributed by atoms with E-state index in [0.29, 0.717) is 0 Å². The van der Waals surface area contributed by atoms with Gasteiger partial charge in [0, 0.05) is 27.1 Å². The maximum Gasteiger partial charge on any atom is 0.179 e. The lowest BCUT2D eigenvalue weighted by atomic mass is 9.99. The first-order valence-electron chi connectivity index (χ1n) is 21.8. The second-order valence-electron chi connectivity index (χ2n) is 16.4. The maximum absolute atomic E-state index is 2.78. The van der Waals surface area contributed by atoms with Gasteiger partial charge in [0.15, 0.2) is 8.07 Å². The van der Waals surface area contributed by atoms with E-state index in [1.54, 1.807) is 0 Å². The molecule has 296 valence electrons. The van der Waals surface area contributed by atoms with Crippen molar-refractivity contribution in [2.75, 3.05) is 0 Å². The molecule has 0 bridgehead atoms. The lowest BCUT2D eigenvalue weighted by molar-refractivity contribution is 1.13. The normalized spacial score (nSPS) is 11.8. The molecule has 2 aromatic heterocycles. The fraction of sp³-hybridized carbons (Fsp3) is 0. The zero-order valence-electron chi connectivity index (χ0n) is 34.6. The van der Waals surface area contributed by atoms with Crippen LogP contribution in [0.25, 0.3) is 77.2 Å². The van der Waals surface area contributed by atoms with Gasteiger partial charge in [-0.3, -0.25) is 0 Å². The molecule has 10 aromatic carbocycles. The lowest BCUT2D eigenvalue weighted by Gasteiger charge is -2.34. The molecule has 2 heterocycles. The van der Waals surface area contributed by atoms with Crippen LogP contribution in [0.15, 0.2) is 255 Å². The molecule has 12 rings (SSSR count).